The molecule has 2 atom stereocenters. The van der Waals surface area contributed by atoms with Crippen LogP contribution in [0.4, 0.5) is 17.1 Å². The number of piperidine rings is 1. The van der Waals surface area contributed by atoms with Gasteiger partial charge in [-0.3, -0.25) is 19.4 Å². The number of methoxy groups -OCH3 is 1. The van der Waals surface area contributed by atoms with Crippen molar-refractivity contribution in [1.29, 1.82) is 0 Å². The van der Waals surface area contributed by atoms with Crippen molar-refractivity contribution in [2.75, 3.05) is 61.5 Å². The van der Waals surface area contributed by atoms with Gasteiger partial charge in [-0.1, -0.05) is 18.2 Å². The molecule has 230 valence electrons. The van der Waals surface area contributed by atoms with Crippen LogP contribution in [0.1, 0.15) is 38.7 Å². The first-order valence-electron chi connectivity index (χ1n) is 15.5. The van der Waals surface area contributed by atoms with Crippen molar-refractivity contribution in [3.63, 3.8) is 0 Å². The second-order valence-corrected chi connectivity index (χ2v) is 12.0. The summed E-state index contributed by atoms with van der Waals surface area (Å²) in [5.41, 5.74) is 4.62. The third-order valence-electron chi connectivity index (χ3n) is 9.25. The van der Waals surface area contributed by atoms with Crippen LogP contribution in [0, 0.1) is 5.92 Å². The number of rotatable bonds is 6. The highest BCUT2D eigenvalue weighted by atomic mass is 16.5. The standard InChI is InChI=1S/C35H36N6O4/c1-45-32-7-3-2-5-31(32)38-15-17-39(18-16-38)35(44)26-9-10-30(28(20-26)37-34(43)25-11-13-36-14-12-25)40-21-24-19-27(23-40)29-6-4-8-33(42)41(29)22-24/h2-14,20,24,27H,15-19,21-23H2,1H3,(H,37,43)/t24-,27+/m1/s1. The summed E-state index contributed by atoms with van der Waals surface area (Å²) in [6.07, 6.45) is 4.20. The maximum atomic E-state index is 13.8. The van der Waals surface area contributed by atoms with E-state index in [0.717, 1.165) is 42.3 Å². The molecule has 0 radical (unpaired) electrons. The summed E-state index contributed by atoms with van der Waals surface area (Å²) >= 11 is 0. The number of para-hydroxylation sites is 2. The van der Waals surface area contributed by atoms with Gasteiger partial charge in [0.25, 0.3) is 17.4 Å². The fourth-order valence-electron chi connectivity index (χ4n) is 7.06. The number of nitrogens with one attached hydrogen (secondary N) is 1. The van der Waals surface area contributed by atoms with Gasteiger partial charge in [-0.05, 0) is 60.9 Å². The average Bonchev–Trinajstić information content (AvgIpc) is 3.09. The number of pyridine rings is 2. The van der Waals surface area contributed by atoms with Crippen LogP contribution in [-0.2, 0) is 6.54 Å². The lowest BCUT2D eigenvalue weighted by atomic mass is 9.83. The summed E-state index contributed by atoms with van der Waals surface area (Å²) in [5.74, 6) is 1.00. The number of ether oxygens (including phenoxy) is 1. The van der Waals surface area contributed by atoms with Gasteiger partial charge in [-0.15, -0.1) is 0 Å². The van der Waals surface area contributed by atoms with Crippen LogP contribution in [0.3, 0.4) is 0 Å². The normalized spacial score (nSPS) is 19.1. The molecule has 10 nitrogen and oxygen atoms in total. The van der Waals surface area contributed by atoms with E-state index >= 15 is 0 Å². The number of carbonyl (C=O) groups excluding carboxylic acids is 2. The van der Waals surface area contributed by atoms with Crippen molar-refractivity contribution in [3.8, 4) is 5.75 Å². The third kappa shape index (κ3) is 5.63. The van der Waals surface area contributed by atoms with Gasteiger partial charge in [-0.2, -0.15) is 0 Å². The molecule has 0 saturated carbocycles. The van der Waals surface area contributed by atoms with E-state index in [1.807, 2.05) is 64.1 Å². The molecule has 2 bridgehead atoms. The fourth-order valence-corrected chi connectivity index (χ4v) is 7.06. The lowest BCUT2D eigenvalue weighted by Crippen LogP contribution is -2.49. The molecule has 4 aromatic rings. The Hall–Kier alpha value is -5.12. The molecule has 45 heavy (non-hydrogen) atoms. The molecule has 10 heteroatoms. The zero-order valence-electron chi connectivity index (χ0n) is 25.3. The summed E-state index contributed by atoms with van der Waals surface area (Å²) in [5, 5.41) is 3.10. The van der Waals surface area contributed by atoms with Crippen molar-refractivity contribution in [1.82, 2.24) is 14.5 Å². The van der Waals surface area contributed by atoms with Crippen LogP contribution >= 0.6 is 0 Å². The number of hydrogen-bond donors (Lipinski definition) is 1. The summed E-state index contributed by atoms with van der Waals surface area (Å²) in [7, 11) is 1.67. The minimum atomic E-state index is -0.261. The van der Waals surface area contributed by atoms with Crippen molar-refractivity contribution in [2.24, 2.45) is 5.92 Å². The van der Waals surface area contributed by atoms with Crippen LogP contribution in [0.15, 0.2) is 90.0 Å². The number of amides is 2. The van der Waals surface area contributed by atoms with Gasteiger partial charge in [0, 0.05) is 87.0 Å². The van der Waals surface area contributed by atoms with Crippen LogP contribution in [0.25, 0.3) is 0 Å². The molecule has 2 amide bonds. The van der Waals surface area contributed by atoms with Crippen molar-refractivity contribution in [3.05, 3.63) is 112 Å². The lowest BCUT2D eigenvalue weighted by molar-refractivity contribution is 0.0746. The molecule has 2 fully saturated rings. The molecule has 7 rings (SSSR count). The minimum Gasteiger partial charge on any atom is -0.495 e. The van der Waals surface area contributed by atoms with E-state index in [4.69, 9.17) is 4.74 Å². The van der Waals surface area contributed by atoms with Gasteiger partial charge in [0.2, 0.25) is 0 Å². The first-order valence-corrected chi connectivity index (χ1v) is 15.5. The Morgan fingerprint density at radius 1 is 0.822 bits per heavy atom. The van der Waals surface area contributed by atoms with Crippen molar-refractivity contribution >= 4 is 28.9 Å². The van der Waals surface area contributed by atoms with E-state index in [-0.39, 0.29) is 23.3 Å². The molecule has 0 unspecified atom stereocenters. The fraction of sp³-hybridized carbons (Fsp3) is 0.314. The van der Waals surface area contributed by atoms with E-state index < -0.39 is 0 Å². The Morgan fingerprint density at radius 3 is 2.42 bits per heavy atom. The number of nitrogens with zero attached hydrogens (tertiary/aromatic N) is 5. The summed E-state index contributed by atoms with van der Waals surface area (Å²) < 4.78 is 7.46. The summed E-state index contributed by atoms with van der Waals surface area (Å²) in [6, 6.07) is 22.4. The Bertz CT molecular complexity index is 1780. The number of piperazine rings is 1. The van der Waals surface area contributed by atoms with Gasteiger partial charge < -0.3 is 29.3 Å². The Labute approximate surface area is 261 Å². The molecule has 2 saturated heterocycles. The van der Waals surface area contributed by atoms with Gasteiger partial charge >= 0.3 is 0 Å². The van der Waals surface area contributed by atoms with E-state index in [1.165, 1.54) is 0 Å². The SMILES string of the molecule is COc1ccccc1N1CCN(C(=O)c2ccc(N3C[C@H]4C[C@@H](C3)c3cccc(=O)n3C4)c(NC(=O)c3ccncc3)c2)CC1. The Morgan fingerprint density at radius 2 is 1.62 bits per heavy atom. The van der Waals surface area contributed by atoms with Crippen molar-refractivity contribution < 1.29 is 14.3 Å². The lowest BCUT2D eigenvalue weighted by Gasteiger charge is -2.44. The largest absolute Gasteiger partial charge is 0.495 e. The number of anilines is 3. The predicted molar refractivity (Wildman–Crippen MR) is 174 cm³/mol. The molecule has 2 aromatic heterocycles. The Balaban J connectivity index is 1.14. The highest BCUT2D eigenvalue weighted by molar-refractivity contribution is 6.07. The molecule has 2 aromatic carbocycles. The van der Waals surface area contributed by atoms with Crippen LogP contribution in [-0.4, -0.2) is 72.6 Å². The molecule has 0 aliphatic carbocycles. The first kappa shape index (κ1) is 28.6. The second kappa shape index (κ2) is 12.1. The minimum absolute atomic E-state index is 0.0487. The van der Waals surface area contributed by atoms with Gasteiger partial charge in [0.15, 0.2) is 0 Å². The average molecular weight is 605 g/mol. The molecule has 1 N–H and O–H groups in total. The van der Waals surface area contributed by atoms with E-state index in [0.29, 0.717) is 55.5 Å². The van der Waals surface area contributed by atoms with E-state index in [9.17, 15) is 14.4 Å². The quantitative estimate of drug-likeness (QED) is 0.354. The third-order valence-corrected chi connectivity index (χ3v) is 9.25. The maximum Gasteiger partial charge on any atom is 0.255 e. The van der Waals surface area contributed by atoms with Crippen LogP contribution < -0.4 is 25.4 Å². The molecule has 3 aliphatic heterocycles. The predicted octanol–water partition coefficient (Wildman–Crippen LogP) is 4.09. The number of hydrogen-bond acceptors (Lipinski definition) is 7. The molecular formula is C35H36N6O4. The maximum absolute atomic E-state index is 13.8. The number of aromatic nitrogens is 2. The first-order chi connectivity index (χ1) is 22.0. The van der Waals surface area contributed by atoms with Crippen LogP contribution in [0.2, 0.25) is 0 Å². The van der Waals surface area contributed by atoms with E-state index in [1.54, 1.807) is 37.7 Å². The summed E-state index contributed by atoms with van der Waals surface area (Å²) in [4.78, 5) is 50.2. The Kier molecular flexibility index (Phi) is 7.71. The highest BCUT2D eigenvalue weighted by Crippen LogP contribution is 2.39. The van der Waals surface area contributed by atoms with Gasteiger partial charge in [-0.25, -0.2) is 0 Å². The number of carbonyl (C=O) groups is 2. The molecule has 3 aliphatic rings. The second-order valence-electron chi connectivity index (χ2n) is 12.0. The number of benzene rings is 2. The van der Waals surface area contributed by atoms with Gasteiger partial charge in [0.05, 0.1) is 24.2 Å². The van der Waals surface area contributed by atoms with Crippen LogP contribution in [0.5, 0.6) is 5.75 Å². The highest BCUT2D eigenvalue weighted by Gasteiger charge is 2.35. The topological polar surface area (TPSA) is 100 Å². The zero-order valence-corrected chi connectivity index (χ0v) is 25.3. The zero-order chi connectivity index (χ0) is 30.9. The number of fused-ring (bicyclic) bond motifs is 4. The molecular weight excluding hydrogens is 568 g/mol. The molecule has 0 spiro atoms. The summed E-state index contributed by atoms with van der Waals surface area (Å²) in [6.45, 7) is 4.69. The van der Waals surface area contributed by atoms with E-state index in [2.05, 4.69) is 20.1 Å². The molecule has 5 heterocycles. The smallest absolute Gasteiger partial charge is 0.255 e. The van der Waals surface area contributed by atoms with Gasteiger partial charge in [0.1, 0.15) is 5.75 Å². The van der Waals surface area contributed by atoms with Crippen molar-refractivity contribution in [2.45, 2.75) is 18.9 Å². The monoisotopic (exact) mass is 604 g/mol.